The van der Waals surface area contributed by atoms with Crippen LogP contribution in [0.25, 0.3) is 0 Å². The molecule has 1 rings (SSSR count). The molecule has 2 unspecified atom stereocenters. The van der Waals surface area contributed by atoms with E-state index in [4.69, 9.17) is 14.2 Å². The number of rotatable bonds is 4. The van der Waals surface area contributed by atoms with Gasteiger partial charge in [-0.05, 0) is 13.3 Å². The number of aliphatic hydroxyl groups excluding tert-OH is 1. The van der Waals surface area contributed by atoms with Crippen molar-refractivity contribution in [2.75, 3.05) is 19.5 Å². The standard InChI is InChI=1S/C8H16NO5P/c1-7-2-4-13-15(12,14-7)5-3-8(11)9-6-10/h7,10H,2-6H2,1H3,(H,9,11). The van der Waals surface area contributed by atoms with Crippen LogP contribution in [0.2, 0.25) is 0 Å². The third kappa shape index (κ3) is 4.30. The van der Waals surface area contributed by atoms with Gasteiger partial charge >= 0.3 is 7.60 Å². The van der Waals surface area contributed by atoms with Gasteiger partial charge in [0.1, 0.15) is 6.73 Å². The van der Waals surface area contributed by atoms with Crippen molar-refractivity contribution in [1.29, 1.82) is 0 Å². The minimum atomic E-state index is -3.09. The molecular weight excluding hydrogens is 221 g/mol. The molecule has 7 heteroatoms. The fourth-order valence-corrected chi connectivity index (χ4v) is 3.06. The summed E-state index contributed by atoms with van der Waals surface area (Å²) in [6.45, 7) is 1.81. The van der Waals surface area contributed by atoms with E-state index in [1.54, 1.807) is 0 Å². The number of hydrogen-bond acceptors (Lipinski definition) is 5. The Hall–Kier alpha value is -0.420. The molecule has 0 spiro atoms. The van der Waals surface area contributed by atoms with Crippen LogP contribution in [-0.2, 0) is 18.4 Å². The van der Waals surface area contributed by atoms with E-state index in [1.807, 2.05) is 6.92 Å². The van der Waals surface area contributed by atoms with E-state index in [9.17, 15) is 9.36 Å². The zero-order valence-electron chi connectivity index (χ0n) is 8.64. The molecule has 0 aromatic rings. The summed E-state index contributed by atoms with van der Waals surface area (Å²) >= 11 is 0. The minimum Gasteiger partial charge on any atom is -0.377 e. The monoisotopic (exact) mass is 237 g/mol. The highest BCUT2D eigenvalue weighted by Gasteiger charge is 2.31. The van der Waals surface area contributed by atoms with Crippen LogP contribution in [0, 0.1) is 0 Å². The predicted molar refractivity (Wildman–Crippen MR) is 53.4 cm³/mol. The lowest BCUT2D eigenvalue weighted by Crippen LogP contribution is -2.26. The van der Waals surface area contributed by atoms with Crippen molar-refractivity contribution >= 4 is 13.5 Å². The van der Waals surface area contributed by atoms with E-state index in [1.165, 1.54) is 0 Å². The van der Waals surface area contributed by atoms with E-state index in [2.05, 4.69) is 5.32 Å². The van der Waals surface area contributed by atoms with Gasteiger partial charge in [0.15, 0.2) is 0 Å². The summed E-state index contributed by atoms with van der Waals surface area (Å²) < 4.78 is 22.1. The fraction of sp³-hybridized carbons (Fsp3) is 0.875. The highest BCUT2D eigenvalue weighted by atomic mass is 31.2. The van der Waals surface area contributed by atoms with Gasteiger partial charge in [-0.2, -0.15) is 0 Å². The normalized spacial score (nSPS) is 31.2. The quantitative estimate of drug-likeness (QED) is 0.548. The lowest BCUT2D eigenvalue weighted by Gasteiger charge is -2.27. The van der Waals surface area contributed by atoms with Gasteiger partial charge in [-0.15, -0.1) is 0 Å². The molecule has 15 heavy (non-hydrogen) atoms. The van der Waals surface area contributed by atoms with Gasteiger partial charge < -0.3 is 19.5 Å². The maximum absolute atomic E-state index is 11.9. The summed E-state index contributed by atoms with van der Waals surface area (Å²) in [5, 5.41) is 10.6. The van der Waals surface area contributed by atoms with Gasteiger partial charge in [-0.3, -0.25) is 9.36 Å². The summed E-state index contributed by atoms with van der Waals surface area (Å²) in [5.74, 6) is -0.363. The van der Waals surface area contributed by atoms with Crippen LogP contribution in [0.3, 0.4) is 0 Å². The van der Waals surface area contributed by atoms with Crippen molar-refractivity contribution in [2.45, 2.75) is 25.9 Å². The van der Waals surface area contributed by atoms with E-state index in [0.717, 1.165) is 0 Å². The zero-order chi connectivity index (χ0) is 11.3. The highest BCUT2D eigenvalue weighted by molar-refractivity contribution is 7.53. The van der Waals surface area contributed by atoms with E-state index in [0.29, 0.717) is 13.0 Å². The van der Waals surface area contributed by atoms with Gasteiger partial charge in [0.05, 0.1) is 18.9 Å². The first-order valence-electron chi connectivity index (χ1n) is 4.85. The summed E-state index contributed by atoms with van der Waals surface area (Å²) in [7, 11) is -3.09. The molecule has 2 N–H and O–H groups in total. The average Bonchev–Trinajstić information content (AvgIpc) is 2.15. The van der Waals surface area contributed by atoms with Crippen LogP contribution in [0.5, 0.6) is 0 Å². The first kappa shape index (κ1) is 12.6. The number of amides is 1. The van der Waals surface area contributed by atoms with Gasteiger partial charge in [-0.1, -0.05) is 0 Å². The van der Waals surface area contributed by atoms with E-state index >= 15 is 0 Å². The average molecular weight is 237 g/mol. The molecule has 1 amide bonds. The smallest absolute Gasteiger partial charge is 0.331 e. The lowest BCUT2D eigenvalue weighted by molar-refractivity contribution is -0.121. The third-order valence-electron chi connectivity index (χ3n) is 2.04. The summed E-state index contributed by atoms with van der Waals surface area (Å²) in [4.78, 5) is 11.0. The van der Waals surface area contributed by atoms with Gasteiger partial charge in [0.25, 0.3) is 0 Å². The molecular formula is C8H16NO5P. The Morgan fingerprint density at radius 2 is 2.40 bits per heavy atom. The maximum atomic E-state index is 11.9. The van der Waals surface area contributed by atoms with Crippen LogP contribution in [0.15, 0.2) is 0 Å². The Morgan fingerprint density at radius 1 is 1.67 bits per heavy atom. The van der Waals surface area contributed by atoms with Gasteiger partial charge in [-0.25, -0.2) is 0 Å². The second kappa shape index (κ2) is 5.61. The Bertz CT molecular complexity index is 270. The number of hydrogen-bond donors (Lipinski definition) is 2. The van der Waals surface area contributed by atoms with Crippen LogP contribution >= 0.6 is 7.60 Å². The first-order chi connectivity index (χ1) is 7.06. The summed E-state index contributed by atoms with van der Waals surface area (Å²) in [6.07, 6.45) is 0.714. The number of aliphatic hydroxyl groups is 1. The molecule has 0 aliphatic carbocycles. The molecule has 1 aliphatic rings. The van der Waals surface area contributed by atoms with Crippen molar-refractivity contribution in [3.63, 3.8) is 0 Å². The van der Waals surface area contributed by atoms with E-state index in [-0.39, 0.29) is 24.6 Å². The molecule has 1 saturated heterocycles. The molecule has 88 valence electrons. The molecule has 0 radical (unpaired) electrons. The Balaban J connectivity index is 2.36. The minimum absolute atomic E-state index is 0.0323. The zero-order valence-corrected chi connectivity index (χ0v) is 9.53. The van der Waals surface area contributed by atoms with Crippen LogP contribution in [0.4, 0.5) is 0 Å². The predicted octanol–water partition coefficient (Wildman–Crippen LogP) is 0.461. The maximum Gasteiger partial charge on any atom is 0.331 e. The Labute approximate surface area is 88.5 Å². The van der Waals surface area contributed by atoms with Crippen molar-refractivity contribution in [3.05, 3.63) is 0 Å². The molecule has 6 nitrogen and oxygen atoms in total. The van der Waals surface area contributed by atoms with Crippen LogP contribution in [-0.4, -0.2) is 36.6 Å². The topological polar surface area (TPSA) is 84.9 Å². The second-order valence-corrected chi connectivity index (χ2v) is 5.52. The van der Waals surface area contributed by atoms with Crippen molar-refractivity contribution < 1.29 is 23.5 Å². The van der Waals surface area contributed by atoms with Crippen molar-refractivity contribution in [2.24, 2.45) is 0 Å². The second-order valence-electron chi connectivity index (χ2n) is 3.38. The molecule has 1 heterocycles. The van der Waals surface area contributed by atoms with Gasteiger partial charge in [0.2, 0.25) is 5.91 Å². The molecule has 0 aromatic heterocycles. The van der Waals surface area contributed by atoms with Crippen LogP contribution in [0.1, 0.15) is 19.8 Å². The van der Waals surface area contributed by atoms with Crippen molar-refractivity contribution in [1.82, 2.24) is 5.32 Å². The van der Waals surface area contributed by atoms with Crippen molar-refractivity contribution in [3.8, 4) is 0 Å². The van der Waals surface area contributed by atoms with E-state index < -0.39 is 14.3 Å². The largest absolute Gasteiger partial charge is 0.377 e. The molecule has 0 aromatic carbocycles. The number of carbonyl (C=O) groups is 1. The Kier molecular flexibility index (Phi) is 4.73. The SMILES string of the molecule is CC1CCOP(=O)(CCC(=O)NCO)O1. The molecule has 1 fully saturated rings. The summed E-state index contributed by atoms with van der Waals surface area (Å²) in [5.41, 5.74) is 0. The highest BCUT2D eigenvalue weighted by Crippen LogP contribution is 2.52. The molecule has 0 saturated carbocycles. The molecule has 0 bridgehead atoms. The lowest BCUT2D eigenvalue weighted by atomic mass is 10.3. The fourth-order valence-electron chi connectivity index (χ4n) is 1.25. The molecule has 1 aliphatic heterocycles. The number of carbonyl (C=O) groups excluding carboxylic acids is 1. The Morgan fingerprint density at radius 3 is 3.00 bits per heavy atom. The van der Waals surface area contributed by atoms with Gasteiger partial charge in [0, 0.05) is 6.42 Å². The number of nitrogens with one attached hydrogen (secondary N) is 1. The first-order valence-corrected chi connectivity index (χ1v) is 6.58. The summed E-state index contributed by atoms with van der Waals surface area (Å²) in [6, 6.07) is 0. The van der Waals surface area contributed by atoms with Crippen LogP contribution < -0.4 is 5.32 Å². The third-order valence-corrected chi connectivity index (χ3v) is 4.07. The molecule has 2 atom stereocenters.